The maximum Gasteiger partial charge on any atom is 0.239 e. The molecule has 1 amide bonds. The van der Waals surface area contributed by atoms with Crippen molar-refractivity contribution in [3.8, 4) is 5.75 Å². The van der Waals surface area contributed by atoms with Crippen LogP contribution in [0.2, 0.25) is 10.0 Å². The molecule has 0 saturated carbocycles. The Labute approximate surface area is 218 Å². The molecule has 2 aromatic heterocycles. The number of hydrogen-bond donors (Lipinski definition) is 2. The summed E-state index contributed by atoms with van der Waals surface area (Å²) in [5, 5.41) is 4.24. The number of amides is 1. The van der Waals surface area contributed by atoms with Gasteiger partial charge in [0.05, 0.1) is 22.7 Å². The summed E-state index contributed by atoms with van der Waals surface area (Å²) in [7, 11) is 0. The van der Waals surface area contributed by atoms with Gasteiger partial charge in [0.2, 0.25) is 11.7 Å². The molecule has 190 valence electrons. The zero-order chi connectivity index (χ0) is 25.4. The number of fused-ring (bicyclic) bond motifs is 1. The van der Waals surface area contributed by atoms with E-state index in [2.05, 4.69) is 16.4 Å². The average Bonchev–Trinajstić information content (AvgIpc) is 3.33. The quantitative estimate of drug-likeness (QED) is 0.406. The van der Waals surface area contributed by atoms with E-state index in [1.54, 1.807) is 19.4 Å². The molecule has 10 heteroatoms. The van der Waals surface area contributed by atoms with Crippen molar-refractivity contribution in [2.24, 2.45) is 0 Å². The number of hydrogen-bond acceptors (Lipinski definition) is 6. The van der Waals surface area contributed by atoms with Crippen LogP contribution >= 0.6 is 23.2 Å². The van der Waals surface area contributed by atoms with Gasteiger partial charge in [-0.25, -0.2) is 9.37 Å². The van der Waals surface area contributed by atoms with Gasteiger partial charge in [-0.15, -0.1) is 0 Å². The van der Waals surface area contributed by atoms with E-state index in [4.69, 9.17) is 38.1 Å². The van der Waals surface area contributed by atoms with Crippen molar-refractivity contribution in [3.05, 3.63) is 57.7 Å². The van der Waals surface area contributed by atoms with Crippen LogP contribution < -0.4 is 15.8 Å². The summed E-state index contributed by atoms with van der Waals surface area (Å²) >= 11 is 12.4. The number of aromatic nitrogens is 1. The summed E-state index contributed by atoms with van der Waals surface area (Å²) in [5.41, 5.74) is 8.81. The summed E-state index contributed by atoms with van der Waals surface area (Å²) < 4.78 is 26.0. The lowest BCUT2D eigenvalue weighted by Gasteiger charge is -2.32. The minimum Gasteiger partial charge on any atom is -0.478 e. The van der Waals surface area contributed by atoms with Gasteiger partial charge in [-0.3, -0.25) is 4.79 Å². The Balaban J connectivity index is 1.39. The second-order valence-corrected chi connectivity index (χ2v) is 9.93. The number of pyridine rings is 1. The van der Waals surface area contributed by atoms with E-state index in [-0.39, 0.29) is 33.6 Å². The Hall–Kier alpha value is -2.81. The highest BCUT2D eigenvalue weighted by Gasteiger charge is 2.28. The van der Waals surface area contributed by atoms with E-state index in [0.717, 1.165) is 42.3 Å². The molecule has 0 aliphatic carbocycles. The number of rotatable bonds is 5. The molecule has 5 rings (SSSR count). The highest BCUT2D eigenvalue weighted by molar-refractivity contribution is 6.36. The zero-order valence-electron chi connectivity index (χ0n) is 19.8. The molecular formula is C26H27Cl2FN4O3. The number of nitrogens with two attached hydrogens (primary N) is 1. The Morgan fingerprint density at radius 3 is 2.92 bits per heavy atom. The van der Waals surface area contributed by atoms with Crippen LogP contribution in [0.15, 0.2) is 35.1 Å². The molecule has 4 heterocycles. The van der Waals surface area contributed by atoms with Crippen molar-refractivity contribution in [2.75, 3.05) is 25.4 Å². The zero-order valence-corrected chi connectivity index (χ0v) is 21.3. The maximum atomic E-state index is 14.0. The van der Waals surface area contributed by atoms with Gasteiger partial charge in [0.15, 0.2) is 11.4 Å². The van der Waals surface area contributed by atoms with Gasteiger partial charge >= 0.3 is 0 Å². The van der Waals surface area contributed by atoms with Crippen LogP contribution in [0.5, 0.6) is 5.75 Å². The Morgan fingerprint density at radius 1 is 1.36 bits per heavy atom. The molecule has 2 aliphatic heterocycles. The fraction of sp³-hybridized carbons (Fsp3) is 0.385. The van der Waals surface area contributed by atoms with Gasteiger partial charge in [0, 0.05) is 35.4 Å². The number of benzene rings is 1. The lowest BCUT2D eigenvalue weighted by molar-refractivity contribution is -0.133. The fourth-order valence-electron chi connectivity index (χ4n) is 4.89. The minimum atomic E-state index is -0.717. The Bertz CT molecular complexity index is 1340. The molecule has 0 radical (unpaired) electrons. The number of piperidine rings is 1. The molecule has 0 bridgehead atoms. The summed E-state index contributed by atoms with van der Waals surface area (Å²) in [6, 6.07) is 2.55. The smallest absolute Gasteiger partial charge is 0.239 e. The highest BCUT2D eigenvalue weighted by Crippen LogP contribution is 2.41. The first-order valence-electron chi connectivity index (χ1n) is 12.0. The SMILES string of the molecule is C[C@@H](Oc1c(N)ncc2c(C3=CCN(C(=O)C4CCCCN4)CC3)coc12)c1c(Cl)ccc(F)c1Cl. The predicted molar refractivity (Wildman–Crippen MR) is 139 cm³/mol. The Kier molecular flexibility index (Phi) is 7.10. The third-order valence-electron chi connectivity index (χ3n) is 6.86. The van der Waals surface area contributed by atoms with Gasteiger partial charge in [0.1, 0.15) is 11.9 Å². The predicted octanol–water partition coefficient (Wildman–Crippen LogP) is 5.75. The molecule has 36 heavy (non-hydrogen) atoms. The molecular weight excluding hydrogens is 506 g/mol. The second kappa shape index (κ2) is 10.3. The van der Waals surface area contributed by atoms with Gasteiger partial charge in [-0.05, 0) is 50.4 Å². The van der Waals surface area contributed by atoms with E-state index < -0.39 is 11.9 Å². The van der Waals surface area contributed by atoms with Gasteiger partial charge in [-0.1, -0.05) is 35.7 Å². The van der Waals surface area contributed by atoms with Crippen molar-refractivity contribution in [3.63, 3.8) is 0 Å². The standard InChI is InChI=1S/C26H27Cl2FN4O3/c1-14(21-18(27)5-6-19(29)22(21)28)36-24-23-16(12-32-25(24)30)17(13-35-23)15-7-10-33(11-8-15)26(34)20-4-2-3-9-31-20/h5-7,12-14,20,31H,2-4,8-11H2,1H3,(H2,30,32)/t14-,20?/m1/s1. The van der Waals surface area contributed by atoms with E-state index in [1.807, 2.05) is 4.90 Å². The molecule has 3 aromatic rings. The number of carbonyl (C=O) groups excluding carboxylic acids is 1. The van der Waals surface area contributed by atoms with Crippen LogP contribution in [0, 0.1) is 5.82 Å². The Morgan fingerprint density at radius 2 is 2.19 bits per heavy atom. The first-order valence-corrected chi connectivity index (χ1v) is 12.8. The maximum absolute atomic E-state index is 14.0. The van der Waals surface area contributed by atoms with E-state index in [1.165, 1.54) is 12.1 Å². The van der Waals surface area contributed by atoms with Gasteiger partial charge in [0.25, 0.3) is 0 Å². The molecule has 2 atom stereocenters. The summed E-state index contributed by atoms with van der Waals surface area (Å²) in [4.78, 5) is 19.1. The van der Waals surface area contributed by atoms with Crippen molar-refractivity contribution in [1.29, 1.82) is 0 Å². The first kappa shape index (κ1) is 24.9. The van der Waals surface area contributed by atoms with E-state index >= 15 is 0 Å². The third kappa shape index (κ3) is 4.65. The van der Waals surface area contributed by atoms with Crippen LogP contribution in [0.1, 0.15) is 49.8 Å². The third-order valence-corrected chi connectivity index (χ3v) is 7.57. The molecule has 7 nitrogen and oxygen atoms in total. The number of nitrogens with zero attached hydrogens (tertiary/aromatic N) is 2. The summed E-state index contributed by atoms with van der Waals surface area (Å²) in [6.07, 6.45) is 8.41. The number of nitrogen functional groups attached to an aromatic ring is 1. The number of carbonyl (C=O) groups is 1. The average molecular weight is 533 g/mol. The van der Waals surface area contributed by atoms with E-state index in [0.29, 0.717) is 30.7 Å². The normalized spacial score (nSPS) is 19.3. The lowest BCUT2D eigenvalue weighted by atomic mass is 9.98. The molecule has 0 spiro atoms. The fourth-order valence-corrected chi connectivity index (χ4v) is 5.57. The van der Waals surface area contributed by atoms with Crippen LogP contribution in [-0.4, -0.2) is 41.5 Å². The number of nitrogens with one attached hydrogen (secondary N) is 1. The number of furan rings is 1. The van der Waals surface area contributed by atoms with Crippen molar-refractivity contribution in [2.45, 2.75) is 44.8 Å². The molecule has 2 aliphatic rings. The number of anilines is 1. The minimum absolute atomic E-state index is 0.0857. The first-order chi connectivity index (χ1) is 17.3. The molecule has 1 unspecified atom stereocenters. The van der Waals surface area contributed by atoms with Crippen LogP contribution in [0.25, 0.3) is 16.5 Å². The topological polar surface area (TPSA) is 93.6 Å². The molecule has 1 saturated heterocycles. The monoisotopic (exact) mass is 532 g/mol. The number of ether oxygens (including phenoxy) is 1. The molecule has 1 aromatic carbocycles. The summed E-state index contributed by atoms with van der Waals surface area (Å²) in [6.45, 7) is 3.77. The molecule has 3 N–H and O–H groups in total. The van der Waals surface area contributed by atoms with Gasteiger partial charge < -0.3 is 25.1 Å². The number of halogens is 3. The van der Waals surface area contributed by atoms with Crippen molar-refractivity contribution in [1.82, 2.24) is 15.2 Å². The van der Waals surface area contributed by atoms with Crippen LogP contribution in [0.3, 0.4) is 0 Å². The highest BCUT2D eigenvalue weighted by atomic mass is 35.5. The van der Waals surface area contributed by atoms with Crippen molar-refractivity contribution < 1.29 is 18.3 Å². The van der Waals surface area contributed by atoms with Crippen LogP contribution in [-0.2, 0) is 4.79 Å². The molecule has 1 fully saturated rings. The second-order valence-electron chi connectivity index (χ2n) is 9.15. The van der Waals surface area contributed by atoms with Crippen molar-refractivity contribution >= 4 is 51.5 Å². The van der Waals surface area contributed by atoms with Gasteiger partial charge in [-0.2, -0.15) is 0 Å². The summed E-state index contributed by atoms with van der Waals surface area (Å²) in [5.74, 6) is -0.0597. The lowest BCUT2D eigenvalue weighted by Crippen LogP contribution is -2.49. The van der Waals surface area contributed by atoms with E-state index in [9.17, 15) is 9.18 Å². The largest absolute Gasteiger partial charge is 0.478 e. The van der Waals surface area contributed by atoms with Crippen LogP contribution in [0.4, 0.5) is 10.2 Å².